The predicted molar refractivity (Wildman–Crippen MR) is 96.4 cm³/mol. The second-order valence-corrected chi connectivity index (χ2v) is 6.54. The van der Waals surface area contributed by atoms with Gasteiger partial charge in [0.1, 0.15) is 0 Å². The van der Waals surface area contributed by atoms with E-state index in [-0.39, 0.29) is 0 Å². The van der Waals surface area contributed by atoms with Gasteiger partial charge >= 0.3 is 0 Å². The Balaban J connectivity index is 1.66. The van der Waals surface area contributed by atoms with Crippen LogP contribution in [-0.4, -0.2) is 11.2 Å². The Morgan fingerprint density at radius 1 is 0.957 bits per heavy atom. The highest BCUT2D eigenvalue weighted by molar-refractivity contribution is 5.72. The average Bonchev–Trinajstić information content (AvgIpc) is 2.81. The Labute approximate surface area is 141 Å². The number of aryl methyl sites for hydroxylation is 1. The van der Waals surface area contributed by atoms with Gasteiger partial charge in [0.25, 0.3) is 5.82 Å². The van der Waals surface area contributed by atoms with Gasteiger partial charge < -0.3 is 4.74 Å². The maximum absolute atomic E-state index is 5.92. The van der Waals surface area contributed by atoms with E-state index in [4.69, 9.17) is 4.74 Å². The summed E-state index contributed by atoms with van der Waals surface area (Å²) in [6.45, 7) is 5.95. The van der Waals surface area contributed by atoms with E-state index in [0.29, 0.717) is 6.73 Å². The normalized spacial score (nSPS) is 11.4. The van der Waals surface area contributed by atoms with Gasteiger partial charge in [-0.05, 0) is 18.6 Å². The standard InChI is InChI=1S/C20H33N2O/c1-4-5-6-7-8-9-10-13-16-23-17-22-18(2)21(3)19-14-11-12-15-20(19)22/h11-12,14-15H,4-10,13,16-17H2,1-3H3/q+1. The molecule has 0 aliphatic heterocycles. The van der Waals surface area contributed by atoms with E-state index in [9.17, 15) is 0 Å². The first-order chi connectivity index (χ1) is 11.3. The van der Waals surface area contributed by atoms with Crippen LogP contribution in [0.2, 0.25) is 0 Å². The first-order valence-corrected chi connectivity index (χ1v) is 9.27. The largest absolute Gasteiger partial charge is 0.342 e. The molecule has 0 atom stereocenters. The van der Waals surface area contributed by atoms with Crippen molar-refractivity contribution in [2.75, 3.05) is 6.61 Å². The fourth-order valence-corrected chi connectivity index (χ4v) is 3.16. The van der Waals surface area contributed by atoms with Gasteiger partial charge in [0.05, 0.1) is 13.7 Å². The van der Waals surface area contributed by atoms with Crippen molar-refractivity contribution in [1.29, 1.82) is 0 Å². The monoisotopic (exact) mass is 317 g/mol. The molecule has 0 saturated heterocycles. The molecular weight excluding hydrogens is 284 g/mol. The smallest absolute Gasteiger partial charge is 0.255 e. The first-order valence-electron chi connectivity index (χ1n) is 9.27. The van der Waals surface area contributed by atoms with Gasteiger partial charge in [0.2, 0.25) is 0 Å². The summed E-state index contributed by atoms with van der Waals surface area (Å²) in [4.78, 5) is 0. The minimum Gasteiger partial charge on any atom is -0.342 e. The van der Waals surface area contributed by atoms with Gasteiger partial charge in [0.15, 0.2) is 17.8 Å². The number of aromatic nitrogens is 2. The van der Waals surface area contributed by atoms with Gasteiger partial charge in [-0.3, -0.25) is 0 Å². The van der Waals surface area contributed by atoms with Crippen LogP contribution in [0.1, 0.15) is 64.1 Å². The molecule has 0 spiro atoms. The lowest BCUT2D eigenvalue weighted by Crippen LogP contribution is -2.31. The van der Waals surface area contributed by atoms with Crippen molar-refractivity contribution in [3.05, 3.63) is 30.1 Å². The number of para-hydroxylation sites is 2. The van der Waals surface area contributed by atoms with Crippen molar-refractivity contribution in [2.24, 2.45) is 7.05 Å². The van der Waals surface area contributed by atoms with E-state index in [2.05, 4.69) is 54.3 Å². The second-order valence-electron chi connectivity index (χ2n) is 6.54. The number of hydrogen-bond donors (Lipinski definition) is 0. The van der Waals surface area contributed by atoms with E-state index >= 15 is 0 Å². The summed E-state index contributed by atoms with van der Waals surface area (Å²) in [7, 11) is 2.12. The van der Waals surface area contributed by atoms with Crippen molar-refractivity contribution in [2.45, 2.75) is 71.9 Å². The zero-order valence-corrected chi connectivity index (χ0v) is 15.2. The molecule has 0 aliphatic carbocycles. The Morgan fingerprint density at radius 3 is 2.35 bits per heavy atom. The highest BCUT2D eigenvalue weighted by Crippen LogP contribution is 2.14. The number of nitrogens with zero attached hydrogens (tertiary/aromatic N) is 2. The lowest BCUT2D eigenvalue weighted by molar-refractivity contribution is -0.652. The fourth-order valence-electron chi connectivity index (χ4n) is 3.16. The summed E-state index contributed by atoms with van der Waals surface area (Å²) in [6.07, 6.45) is 10.8. The molecule has 23 heavy (non-hydrogen) atoms. The third kappa shape index (κ3) is 5.07. The molecule has 0 N–H and O–H groups in total. The summed E-state index contributed by atoms with van der Waals surface area (Å²) >= 11 is 0. The molecule has 0 amide bonds. The molecular formula is C20H33N2O+. The van der Waals surface area contributed by atoms with Gasteiger partial charge in [-0.2, -0.15) is 0 Å². The molecule has 3 nitrogen and oxygen atoms in total. The first kappa shape index (κ1) is 18.0. The topological polar surface area (TPSA) is 18.0 Å². The second kappa shape index (κ2) is 9.71. The Kier molecular flexibility index (Phi) is 7.60. The molecule has 0 aliphatic rings. The van der Waals surface area contributed by atoms with Gasteiger partial charge in [-0.1, -0.05) is 64.0 Å². The van der Waals surface area contributed by atoms with E-state index < -0.39 is 0 Å². The minimum atomic E-state index is 0.656. The minimum absolute atomic E-state index is 0.656. The Hall–Kier alpha value is -1.35. The highest BCUT2D eigenvalue weighted by Gasteiger charge is 2.17. The molecule has 2 aromatic rings. The quantitative estimate of drug-likeness (QED) is 0.426. The third-order valence-electron chi connectivity index (χ3n) is 4.77. The molecule has 0 fully saturated rings. The van der Waals surface area contributed by atoms with Crippen molar-refractivity contribution in [1.82, 2.24) is 4.57 Å². The van der Waals surface area contributed by atoms with Crippen molar-refractivity contribution in [3.8, 4) is 0 Å². The number of ether oxygens (including phenoxy) is 1. The molecule has 0 saturated carbocycles. The van der Waals surface area contributed by atoms with E-state index in [1.807, 2.05) is 0 Å². The fraction of sp³-hybridized carbons (Fsp3) is 0.650. The Bertz CT molecular complexity index is 589. The van der Waals surface area contributed by atoms with Crippen LogP contribution in [-0.2, 0) is 18.5 Å². The van der Waals surface area contributed by atoms with Gasteiger partial charge in [-0.25, -0.2) is 9.13 Å². The molecule has 2 rings (SSSR count). The van der Waals surface area contributed by atoms with Gasteiger partial charge in [0, 0.05) is 6.92 Å². The summed E-state index contributed by atoms with van der Waals surface area (Å²) in [6, 6.07) is 8.52. The van der Waals surface area contributed by atoms with Crippen LogP contribution >= 0.6 is 0 Å². The van der Waals surface area contributed by atoms with Crippen LogP contribution in [0.4, 0.5) is 0 Å². The van der Waals surface area contributed by atoms with Crippen molar-refractivity contribution in [3.63, 3.8) is 0 Å². The zero-order chi connectivity index (χ0) is 16.5. The number of rotatable bonds is 11. The number of fused-ring (bicyclic) bond motifs is 1. The zero-order valence-electron chi connectivity index (χ0n) is 15.2. The average molecular weight is 317 g/mol. The molecule has 0 bridgehead atoms. The van der Waals surface area contributed by atoms with Gasteiger partial charge in [-0.15, -0.1) is 0 Å². The lowest BCUT2D eigenvalue weighted by atomic mass is 10.1. The number of hydrogen-bond acceptors (Lipinski definition) is 1. The van der Waals surface area contributed by atoms with Crippen LogP contribution < -0.4 is 4.57 Å². The predicted octanol–water partition coefficient (Wildman–Crippen LogP) is 4.89. The molecule has 0 radical (unpaired) electrons. The molecule has 1 aromatic carbocycles. The molecule has 1 aromatic heterocycles. The Morgan fingerprint density at radius 2 is 1.61 bits per heavy atom. The molecule has 3 heteroatoms. The van der Waals surface area contributed by atoms with E-state index in [0.717, 1.165) is 6.61 Å². The van der Waals surface area contributed by atoms with Crippen LogP contribution in [0, 0.1) is 6.92 Å². The SMILES string of the molecule is CCCCCCCCCCOCn1c(C)[n+](C)c2ccccc21. The summed E-state index contributed by atoms with van der Waals surface area (Å²) < 4.78 is 10.4. The van der Waals surface area contributed by atoms with Crippen LogP contribution in [0.15, 0.2) is 24.3 Å². The molecule has 0 unspecified atom stereocenters. The summed E-state index contributed by atoms with van der Waals surface area (Å²) in [5.41, 5.74) is 2.52. The molecule has 128 valence electrons. The molecule has 1 heterocycles. The van der Waals surface area contributed by atoms with E-state index in [1.165, 1.54) is 68.2 Å². The van der Waals surface area contributed by atoms with Crippen molar-refractivity contribution < 1.29 is 9.30 Å². The van der Waals surface area contributed by atoms with Crippen molar-refractivity contribution >= 4 is 11.0 Å². The number of imidazole rings is 1. The van der Waals surface area contributed by atoms with Crippen LogP contribution in [0.25, 0.3) is 11.0 Å². The lowest BCUT2D eigenvalue weighted by Gasteiger charge is -2.04. The van der Waals surface area contributed by atoms with E-state index in [1.54, 1.807) is 0 Å². The summed E-state index contributed by atoms with van der Waals surface area (Å²) in [5, 5.41) is 0. The van der Waals surface area contributed by atoms with Crippen LogP contribution in [0.5, 0.6) is 0 Å². The van der Waals surface area contributed by atoms with Crippen LogP contribution in [0.3, 0.4) is 0 Å². The number of unbranched alkanes of at least 4 members (excludes halogenated alkanes) is 7. The highest BCUT2D eigenvalue weighted by atomic mass is 16.5. The number of benzene rings is 1. The summed E-state index contributed by atoms with van der Waals surface area (Å²) in [5.74, 6) is 1.24. The maximum Gasteiger partial charge on any atom is 0.255 e. The third-order valence-corrected chi connectivity index (χ3v) is 4.77. The maximum atomic E-state index is 5.92.